The number of carbonyl (C=O) groups excluding carboxylic acids is 1. The van der Waals surface area contributed by atoms with Crippen molar-refractivity contribution in [1.29, 1.82) is 0 Å². The molecule has 25 atom stereocenters. The minimum Gasteiger partial charge on any atom is -0.834 e. The smallest absolute Gasteiger partial charge is 0.302 e. The molecule has 0 aromatic heterocycles. The molecule has 6 rings (SSSR count). The quantitative estimate of drug-likeness (QED) is 0.0299. The van der Waals surface area contributed by atoms with Gasteiger partial charge in [0.1, 0.15) is 79.9 Å². The molecule has 0 aromatic rings. The van der Waals surface area contributed by atoms with Crippen LogP contribution in [0.25, 0.3) is 0 Å². The Hall–Kier alpha value is -1.53. The highest BCUT2D eigenvalue weighted by Crippen LogP contribution is 2.37. The fourth-order valence-electron chi connectivity index (χ4n) is 10.8. The molecule has 6 aliphatic heterocycles. The van der Waals surface area contributed by atoms with Crippen molar-refractivity contribution in [1.82, 2.24) is 0 Å². The zero-order chi connectivity index (χ0) is 54.0. The van der Waals surface area contributed by atoms with E-state index in [0.717, 1.165) is 6.92 Å². The minimum atomic E-state index is -1.62. The zero-order valence-corrected chi connectivity index (χ0v) is 42.5. The third kappa shape index (κ3) is 15.0. The molecule has 6 heterocycles. The van der Waals surface area contributed by atoms with Crippen LogP contribution in [0.5, 0.6) is 0 Å². The fourth-order valence-corrected chi connectivity index (χ4v) is 10.8. The summed E-state index contributed by atoms with van der Waals surface area (Å²) in [5.41, 5.74) is 0. The second kappa shape index (κ2) is 28.6. The zero-order valence-electron chi connectivity index (χ0n) is 42.5. The van der Waals surface area contributed by atoms with Gasteiger partial charge in [0.25, 0.3) is 0 Å². The standard InChI is InChI=1S/C47H81O27/c1-6-22-23(36(52)31(69-27(22)7-48)15-63-10-24-28(8-49)70-30(13-61-5)40(56)37(24)53)9-62-14-29-25(38(54)42(58)34(71-29)18-66-21(2)51)11-64-17-33-41(57)39(55)26(46(73-33)67-20-50)12-65-16-32-43(59)44(60)45-35(72-32)19-68-47(3,4)74-45/h22-46,48-49,52-60H,6-20H2,1-5H3/q-1. The molecule has 0 aliphatic carbocycles. The van der Waals surface area contributed by atoms with Gasteiger partial charge in [0, 0.05) is 31.8 Å². The maximum absolute atomic E-state index is 11.7. The van der Waals surface area contributed by atoms with Gasteiger partial charge >= 0.3 is 5.97 Å². The fraction of sp³-hybridized carbons (Fsp3) is 0.979. The summed E-state index contributed by atoms with van der Waals surface area (Å²) in [5, 5.41) is 132. The lowest BCUT2D eigenvalue weighted by atomic mass is 9.78. The van der Waals surface area contributed by atoms with E-state index < -0.39 is 197 Å². The topological polar surface area (TPSA) is 392 Å². The number of fused-ring (bicyclic) bond motifs is 1. The molecule has 27 nitrogen and oxygen atoms in total. The lowest BCUT2D eigenvalue weighted by Gasteiger charge is -2.49. The Kier molecular flexibility index (Phi) is 23.8. The van der Waals surface area contributed by atoms with Gasteiger partial charge in [0.2, 0.25) is 0 Å². The number of aliphatic hydroxyl groups is 11. The molecule has 0 amide bonds. The highest BCUT2D eigenvalue weighted by atomic mass is 16.7. The van der Waals surface area contributed by atoms with Crippen molar-refractivity contribution in [2.45, 2.75) is 162 Å². The Bertz CT molecular complexity index is 1650. The predicted molar refractivity (Wildman–Crippen MR) is 242 cm³/mol. The molecule has 0 bridgehead atoms. The minimum absolute atomic E-state index is 0.0176. The lowest BCUT2D eigenvalue weighted by molar-refractivity contribution is -0.461. The number of ether oxygens (including phenoxy) is 14. The molecule has 0 radical (unpaired) electrons. The molecule has 74 heavy (non-hydrogen) atoms. The molecule has 6 fully saturated rings. The largest absolute Gasteiger partial charge is 0.834 e. The SMILES string of the molecule is CCC1C(CO)OC(COCC2C(CO)OC(COC)C(O)C2O)C(O)C1COCC1OC(COC(C)=O)C(O)C(O)C1COCC1OC(OC[O-])C(COCC2OC3COC(C)(C)OC3C(O)C2O)C(O)C1O. The van der Waals surface area contributed by atoms with Crippen LogP contribution in [-0.2, 0) is 71.1 Å². The van der Waals surface area contributed by atoms with Crippen molar-refractivity contribution in [2.75, 3.05) is 99.8 Å². The molecule has 0 saturated carbocycles. The summed E-state index contributed by atoms with van der Waals surface area (Å²) >= 11 is 0. The third-order valence-electron chi connectivity index (χ3n) is 15.0. The Morgan fingerprint density at radius 3 is 1.51 bits per heavy atom. The van der Waals surface area contributed by atoms with E-state index in [1.807, 2.05) is 6.92 Å². The summed E-state index contributed by atoms with van der Waals surface area (Å²) in [6.07, 6.45) is -23.6. The number of rotatable bonds is 25. The first-order valence-electron chi connectivity index (χ1n) is 25.4. The molecule has 11 N–H and O–H groups in total. The average molecular weight is 1080 g/mol. The van der Waals surface area contributed by atoms with Crippen LogP contribution in [-0.4, -0.2) is 290 Å². The maximum Gasteiger partial charge on any atom is 0.302 e. The molecule has 432 valence electrons. The molecule has 6 saturated heterocycles. The van der Waals surface area contributed by atoms with Crippen LogP contribution in [0, 0.1) is 29.6 Å². The first kappa shape index (κ1) is 61.7. The molecule has 0 spiro atoms. The van der Waals surface area contributed by atoms with Gasteiger partial charge in [0.15, 0.2) is 12.1 Å². The summed E-state index contributed by atoms with van der Waals surface area (Å²) in [4.78, 5) is 11.7. The van der Waals surface area contributed by atoms with Crippen LogP contribution >= 0.6 is 0 Å². The molecule has 25 unspecified atom stereocenters. The number of hydrogen-bond donors (Lipinski definition) is 11. The van der Waals surface area contributed by atoms with Gasteiger partial charge in [-0.25, -0.2) is 0 Å². The first-order valence-corrected chi connectivity index (χ1v) is 25.4. The molecule has 27 heteroatoms. The summed E-state index contributed by atoms with van der Waals surface area (Å²) in [6, 6.07) is 0. The van der Waals surface area contributed by atoms with E-state index in [4.69, 9.17) is 66.3 Å². The maximum atomic E-state index is 11.7. The Labute approximate surface area is 429 Å². The van der Waals surface area contributed by atoms with Crippen molar-refractivity contribution in [3.05, 3.63) is 0 Å². The van der Waals surface area contributed by atoms with Crippen LogP contribution in [0.4, 0.5) is 0 Å². The second-order valence-electron chi connectivity index (χ2n) is 20.4. The normalized spacial score (nSPS) is 44.7. The Morgan fingerprint density at radius 1 is 0.527 bits per heavy atom. The molecular formula is C47H81O27-. The van der Waals surface area contributed by atoms with E-state index in [1.54, 1.807) is 13.8 Å². The number of esters is 1. The van der Waals surface area contributed by atoms with Gasteiger partial charge in [0.05, 0.1) is 128 Å². The molecular weight excluding hydrogens is 996 g/mol. The van der Waals surface area contributed by atoms with E-state index in [-0.39, 0.29) is 59.5 Å². The lowest BCUT2D eigenvalue weighted by Crippen LogP contribution is -2.65. The monoisotopic (exact) mass is 1080 g/mol. The summed E-state index contributed by atoms with van der Waals surface area (Å²) in [6.45, 7) is 1.80. The van der Waals surface area contributed by atoms with E-state index in [2.05, 4.69) is 0 Å². The van der Waals surface area contributed by atoms with Crippen molar-refractivity contribution in [3.63, 3.8) is 0 Å². The third-order valence-corrected chi connectivity index (χ3v) is 15.0. The van der Waals surface area contributed by atoms with Crippen molar-refractivity contribution < 1.29 is 132 Å². The number of methoxy groups -OCH3 is 1. The highest BCUT2D eigenvalue weighted by molar-refractivity contribution is 5.65. The van der Waals surface area contributed by atoms with Crippen LogP contribution in [0.2, 0.25) is 0 Å². The van der Waals surface area contributed by atoms with Crippen LogP contribution in [0.1, 0.15) is 34.1 Å². The summed E-state index contributed by atoms with van der Waals surface area (Å²) in [7, 11) is 1.41. The first-order chi connectivity index (χ1) is 35.3. The van der Waals surface area contributed by atoms with Gasteiger partial charge in [-0.05, 0) is 26.6 Å². The summed E-state index contributed by atoms with van der Waals surface area (Å²) < 4.78 is 80.4. The Balaban J connectivity index is 1.04. The predicted octanol–water partition coefficient (Wildman–Crippen LogP) is -6.73. The van der Waals surface area contributed by atoms with Crippen molar-refractivity contribution >= 4 is 5.97 Å². The van der Waals surface area contributed by atoms with Gasteiger partial charge in [-0.1, -0.05) is 13.3 Å². The average Bonchev–Trinajstić information content (AvgIpc) is 3.37. The van der Waals surface area contributed by atoms with Gasteiger partial charge in [-0.15, -0.1) is 0 Å². The van der Waals surface area contributed by atoms with E-state index in [1.165, 1.54) is 7.11 Å². The summed E-state index contributed by atoms with van der Waals surface area (Å²) in [5.74, 6) is -5.76. The van der Waals surface area contributed by atoms with Gasteiger partial charge in [-0.3, -0.25) is 4.79 Å². The van der Waals surface area contributed by atoms with E-state index in [0.29, 0.717) is 6.42 Å². The number of hydrogen-bond acceptors (Lipinski definition) is 27. The van der Waals surface area contributed by atoms with Crippen LogP contribution in [0.15, 0.2) is 0 Å². The van der Waals surface area contributed by atoms with Gasteiger partial charge in [-0.2, -0.15) is 0 Å². The molecule has 0 aromatic carbocycles. The van der Waals surface area contributed by atoms with E-state index >= 15 is 0 Å². The number of carbonyl (C=O) groups is 1. The van der Waals surface area contributed by atoms with Crippen LogP contribution < -0.4 is 5.11 Å². The van der Waals surface area contributed by atoms with Crippen LogP contribution in [0.3, 0.4) is 0 Å². The molecule has 6 aliphatic rings. The highest BCUT2D eigenvalue weighted by Gasteiger charge is 2.52. The second-order valence-corrected chi connectivity index (χ2v) is 20.4. The Morgan fingerprint density at radius 2 is 0.973 bits per heavy atom. The van der Waals surface area contributed by atoms with Gasteiger partial charge < -0.3 is 128 Å². The van der Waals surface area contributed by atoms with Crippen molar-refractivity contribution in [2.24, 2.45) is 29.6 Å². The number of aliphatic hydroxyl groups excluding tert-OH is 11. The van der Waals surface area contributed by atoms with Crippen molar-refractivity contribution in [3.8, 4) is 0 Å². The van der Waals surface area contributed by atoms with E-state index in [9.17, 15) is 66.1 Å².